The van der Waals surface area contributed by atoms with Crippen molar-refractivity contribution in [3.63, 3.8) is 0 Å². The quantitative estimate of drug-likeness (QED) is 0.284. The average molecular weight is 299 g/mol. The summed E-state index contributed by atoms with van der Waals surface area (Å²) in [5.74, 6) is -0.263. The van der Waals surface area contributed by atoms with Gasteiger partial charge in [-0.05, 0) is 32.4 Å². The minimum atomic E-state index is -0.497. The van der Waals surface area contributed by atoms with Gasteiger partial charge in [-0.25, -0.2) is 0 Å². The number of halogens is 1. The first kappa shape index (κ1) is 16.5. The van der Waals surface area contributed by atoms with Gasteiger partial charge < -0.3 is 16.0 Å². The molecule has 2 amide bonds. The van der Waals surface area contributed by atoms with E-state index in [0.29, 0.717) is 18.8 Å². The molecule has 0 aliphatic carbocycles. The van der Waals surface area contributed by atoms with Crippen LogP contribution in [0.1, 0.15) is 19.3 Å². The zero-order chi connectivity index (χ0) is 14.8. The number of amides is 2. The molecule has 0 spiro atoms. The molecule has 6 nitrogen and oxygen atoms in total. The molecule has 1 aliphatic rings. The van der Waals surface area contributed by atoms with E-state index in [1.165, 1.54) is 6.20 Å². The number of piperidine rings is 1. The fraction of sp³-hybridized carbons (Fsp3) is 0.615. The zero-order valence-electron chi connectivity index (χ0n) is 11.2. The number of alkyl halides is 1. The normalized spacial score (nSPS) is 16.3. The summed E-state index contributed by atoms with van der Waals surface area (Å²) in [7, 11) is 0. The maximum atomic E-state index is 11.9. The van der Waals surface area contributed by atoms with Gasteiger partial charge in [0, 0.05) is 24.5 Å². The van der Waals surface area contributed by atoms with Gasteiger partial charge in [0.15, 0.2) is 0 Å². The molecular formula is C13H19ClN4O2. The Morgan fingerprint density at radius 3 is 2.70 bits per heavy atom. The molecule has 0 radical (unpaired) electrons. The topological polar surface area (TPSA) is 94.0 Å². The number of rotatable bonds is 6. The molecule has 1 fully saturated rings. The largest absolute Gasteiger partial charge is 0.351 e. The number of hydrogen-bond acceptors (Lipinski definition) is 4. The van der Waals surface area contributed by atoms with E-state index in [9.17, 15) is 9.59 Å². The van der Waals surface area contributed by atoms with Crippen molar-refractivity contribution >= 4 is 23.4 Å². The van der Waals surface area contributed by atoms with Crippen molar-refractivity contribution in [2.24, 2.45) is 5.92 Å². The van der Waals surface area contributed by atoms with Crippen molar-refractivity contribution in [3.05, 3.63) is 11.8 Å². The lowest BCUT2D eigenvalue weighted by molar-refractivity contribution is -0.124. The summed E-state index contributed by atoms with van der Waals surface area (Å²) in [5, 5.41) is 17.2. The predicted octanol–water partition coefficient (Wildman–Crippen LogP) is 0.255. The van der Waals surface area contributed by atoms with E-state index in [-0.39, 0.29) is 17.4 Å². The standard InChI is InChI=1S/C13H19ClN4O2/c14-4-1-5-17-13(20)11(8-15)9-18-12(19)10-2-6-16-7-3-10/h9-10,16H,1-7H2,(H,17,20)(H,18,19)/b11-9-. The predicted molar refractivity (Wildman–Crippen MR) is 75.8 cm³/mol. The highest BCUT2D eigenvalue weighted by molar-refractivity contribution is 6.17. The van der Waals surface area contributed by atoms with Gasteiger partial charge in [0.25, 0.3) is 5.91 Å². The molecule has 1 heterocycles. The Morgan fingerprint density at radius 2 is 2.10 bits per heavy atom. The van der Waals surface area contributed by atoms with Crippen LogP contribution in [-0.4, -0.2) is 37.3 Å². The van der Waals surface area contributed by atoms with E-state index < -0.39 is 5.91 Å². The highest BCUT2D eigenvalue weighted by Gasteiger charge is 2.20. The van der Waals surface area contributed by atoms with Crippen LogP contribution in [0, 0.1) is 17.2 Å². The SMILES string of the molecule is N#C/C(=C/NC(=O)C1CCNCC1)C(=O)NCCCCl. The number of carbonyl (C=O) groups is 2. The Hall–Kier alpha value is -1.58. The van der Waals surface area contributed by atoms with Crippen molar-refractivity contribution < 1.29 is 9.59 Å². The third-order valence-electron chi connectivity index (χ3n) is 3.03. The molecule has 110 valence electrons. The summed E-state index contributed by atoms with van der Waals surface area (Å²) in [6, 6.07) is 1.78. The maximum absolute atomic E-state index is 11.9. The van der Waals surface area contributed by atoms with E-state index >= 15 is 0 Å². The van der Waals surface area contributed by atoms with Gasteiger partial charge in [-0.1, -0.05) is 0 Å². The van der Waals surface area contributed by atoms with Crippen LogP contribution in [0.25, 0.3) is 0 Å². The van der Waals surface area contributed by atoms with Gasteiger partial charge in [0.1, 0.15) is 11.6 Å². The van der Waals surface area contributed by atoms with Gasteiger partial charge in [-0.3, -0.25) is 9.59 Å². The lowest BCUT2D eigenvalue weighted by atomic mass is 9.97. The molecule has 1 rings (SSSR count). The Kier molecular flexibility index (Phi) is 7.70. The van der Waals surface area contributed by atoms with Crippen molar-refractivity contribution in [2.45, 2.75) is 19.3 Å². The molecule has 0 aromatic heterocycles. The summed E-state index contributed by atoms with van der Waals surface area (Å²) in [6.45, 7) is 2.03. The molecule has 1 aliphatic heterocycles. The second-order valence-electron chi connectivity index (χ2n) is 4.50. The van der Waals surface area contributed by atoms with E-state index in [0.717, 1.165) is 25.9 Å². The van der Waals surface area contributed by atoms with E-state index in [4.69, 9.17) is 16.9 Å². The van der Waals surface area contributed by atoms with E-state index in [1.54, 1.807) is 6.07 Å². The fourth-order valence-electron chi connectivity index (χ4n) is 1.86. The van der Waals surface area contributed by atoms with Crippen LogP contribution in [0.5, 0.6) is 0 Å². The number of nitrogens with one attached hydrogen (secondary N) is 3. The Labute approximate surface area is 123 Å². The smallest absolute Gasteiger partial charge is 0.263 e. The maximum Gasteiger partial charge on any atom is 0.263 e. The van der Waals surface area contributed by atoms with Crippen molar-refractivity contribution in [1.29, 1.82) is 5.26 Å². The first-order valence-corrected chi connectivity index (χ1v) is 7.18. The summed E-state index contributed by atoms with van der Waals surface area (Å²) in [4.78, 5) is 23.5. The molecule has 0 atom stereocenters. The molecule has 20 heavy (non-hydrogen) atoms. The lowest BCUT2D eigenvalue weighted by Crippen LogP contribution is -2.37. The van der Waals surface area contributed by atoms with Gasteiger partial charge in [-0.15, -0.1) is 11.6 Å². The molecule has 0 unspecified atom stereocenters. The molecule has 3 N–H and O–H groups in total. The number of nitrogens with zero attached hydrogens (tertiary/aromatic N) is 1. The van der Waals surface area contributed by atoms with Crippen LogP contribution < -0.4 is 16.0 Å². The zero-order valence-corrected chi connectivity index (χ0v) is 12.0. The second-order valence-corrected chi connectivity index (χ2v) is 4.88. The van der Waals surface area contributed by atoms with E-state index in [2.05, 4.69) is 16.0 Å². The highest BCUT2D eigenvalue weighted by atomic mass is 35.5. The molecule has 7 heteroatoms. The van der Waals surface area contributed by atoms with Crippen LogP contribution in [0.15, 0.2) is 11.8 Å². The summed E-state index contributed by atoms with van der Waals surface area (Å²) in [6.07, 6.45) is 3.35. The minimum absolute atomic E-state index is 0.0632. The van der Waals surface area contributed by atoms with Gasteiger partial charge >= 0.3 is 0 Å². The van der Waals surface area contributed by atoms with Crippen LogP contribution in [-0.2, 0) is 9.59 Å². The van der Waals surface area contributed by atoms with Gasteiger partial charge in [0.2, 0.25) is 5.91 Å². The average Bonchev–Trinajstić information content (AvgIpc) is 2.49. The van der Waals surface area contributed by atoms with Crippen molar-refractivity contribution in [2.75, 3.05) is 25.5 Å². The van der Waals surface area contributed by atoms with Crippen LogP contribution in [0.2, 0.25) is 0 Å². The molecule has 1 saturated heterocycles. The Morgan fingerprint density at radius 1 is 1.40 bits per heavy atom. The molecule has 0 saturated carbocycles. The molecule has 0 aromatic carbocycles. The van der Waals surface area contributed by atoms with E-state index in [1.807, 2.05) is 0 Å². The minimum Gasteiger partial charge on any atom is -0.351 e. The second kappa shape index (κ2) is 9.34. The molecule has 0 aromatic rings. The fourth-order valence-corrected chi connectivity index (χ4v) is 1.99. The third kappa shape index (κ3) is 5.59. The monoisotopic (exact) mass is 298 g/mol. The lowest BCUT2D eigenvalue weighted by Gasteiger charge is -2.20. The third-order valence-corrected chi connectivity index (χ3v) is 3.30. The molecule has 0 bridgehead atoms. The van der Waals surface area contributed by atoms with Gasteiger partial charge in [-0.2, -0.15) is 5.26 Å². The van der Waals surface area contributed by atoms with Crippen molar-refractivity contribution in [3.8, 4) is 6.07 Å². The Bertz CT molecular complexity index is 411. The number of nitriles is 1. The highest BCUT2D eigenvalue weighted by Crippen LogP contribution is 2.11. The first-order chi connectivity index (χ1) is 9.69. The van der Waals surface area contributed by atoms with Crippen molar-refractivity contribution in [1.82, 2.24) is 16.0 Å². The summed E-state index contributed by atoms with van der Waals surface area (Å²) >= 11 is 5.49. The number of hydrogen-bond donors (Lipinski definition) is 3. The molecular weight excluding hydrogens is 280 g/mol. The number of carbonyl (C=O) groups excluding carboxylic acids is 2. The van der Waals surface area contributed by atoms with Gasteiger partial charge in [0.05, 0.1) is 0 Å². The summed E-state index contributed by atoms with van der Waals surface area (Å²) in [5.41, 5.74) is -0.109. The summed E-state index contributed by atoms with van der Waals surface area (Å²) < 4.78 is 0. The van der Waals surface area contributed by atoms with Crippen LogP contribution in [0.4, 0.5) is 0 Å². The Balaban J connectivity index is 2.45. The van der Waals surface area contributed by atoms with Crippen LogP contribution in [0.3, 0.4) is 0 Å². The van der Waals surface area contributed by atoms with Crippen LogP contribution >= 0.6 is 11.6 Å². The first-order valence-electron chi connectivity index (χ1n) is 6.64.